The fourth-order valence-corrected chi connectivity index (χ4v) is 8.18. The summed E-state index contributed by atoms with van der Waals surface area (Å²) >= 11 is 0. The molecule has 0 radical (unpaired) electrons. The minimum absolute atomic E-state index is 0.0590. The van der Waals surface area contributed by atoms with E-state index in [2.05, 4.69) is 32.6 Å². The van der Waals surface area contributed by atoms with Gasteiger partial charge in [-0.25, -0.2) is 0 Å². The molecule has 338 valence electrons. The normalized spacial score (nSPS) is 12.6. The van der Waals surface area contributed by atoms with Crippen LogP contribution in [-0.2, 0) is 23.9 Å². The van der Waals surface area contributed by atoms with Gasteiger partial charge < -0.3 is 19.2 Å². The van der Waals surface area contributed by atoms with Gasteiger partial charge in [0.25, 0.3) is 0 Å². The van der Waals surface area contributed by atoms with Crippen molar-refractivity contribution in [2.24, 2.45) is 11.8 Å². The van der Waals surface area contributed by atoms with Gasteiger partial charge in [-0.15, -0.1) is 0 Å². The largest absolute Gasteiger partial charge is 0.465 e. The first-order valence-corrected chi connectivity index (χ1v) is 25.5. The summed E-state index contributed by atoms with van der Waals surface area (Å²) in [6.07, 6.45) is 44.5. The maximum absolute atomic E-state index is 12.9. The number of unbranched alkanes of at least 4 members (excludes halogenated alkanes) is 26. The van der Waals surface area contributed by atoms with E-state index in [0.717, 1.165) is 103 Å². The zero-order chi connectivity index (χ0) is 41.7. The predicted octanol–water partition coefficient (Wildman–Crippen LogP) is 15.3. The van der Waals surface area contributed by atoms with Crippen molar-refractivity contribution in [3.63, 3.8) is 0 Å². The van der Waals surface area contributed by atoms with Crippen LogP contribution in [-0.4, -0.2) is 56.0 Å². The average molecular weight is 806 g/mol. The van der Waals surface area contributed by atoms with E-state index in [9.17, 15) is 14.4 Å². The number of aldehydes is 1. The Bertz CT molecular complexity index is 787. The highest BCUT2D eigenvalue weighted by molar-refractivity contribution is 5.72. The van der Waals surface area contributed by atoms with Gasteiger partial charge in [0.05, 0.1) is 25.0 Å². The highest BCUT2D eigenvalue weighted by Crippen LogP contribution is 2.22. The van der Waals surface area contributed by atoms with Crippen LogP contribution in [0.3, 0.4) is 0 Å². The molecule has 0 aromatic rings. The molecule has 0 aliphatic heterocycles. The van der Waals surface area contributed by atoms with Gasteiger partial charge in [0, 0.05) is 13.0 Å². The fourth-order valence-electron chi connectivity index (χ4n) is 8.18. The molecular formula is C51H99NO5. The van der Waals surface area contributed by atoms with Crippen molar-refractivity contribution in [1.29, 1.82) is 0 Å². The fraction of sp³-hybridized carbons (Fsp3) is 0.941. The summed E-state index contributed by atoms with van der Waals surface area (Å²) in [5.74, 6) is 0.313. The van der Waals surface area contributed by atoms with Gasteiger partial charge in [-0.3, -0.25) is 9.59 Å². The highest BCUT2D eigenvalue weighted by atomic mass is 16.5. The molecular weight excluding hydrogens is 707 g/mol. The summed E-state index contributed by atoms with van der Waals surface area (Å²) in [6.45, 7) is 13.2. The lowest BCUT2D eigenvalue weighted by Crippen LogP contribution is -2.27. The SMILES string of the molecule is CCCCCCCCC(CCCCCC)C(=O)OCCCCCCCCN(CCC=O)CCCCCCCCOC(=O)C(CCCCCC)CCCCCCCC. The van der Waals surface area contributed by atoms with Gasteiger partial charge in [-0.2, -0.15) is 0 Å². The van der Waals surface area contributed by atoms with Gasteiger partial charge in [0.15, 0.2) is 0 Å². The summed E-state index contributed by atoms with van der Waals surface area (Å²) < 4.78 is 11.6. The molecule has 6 nitrogen and oxygen atoms in total. The van der Waals surface area contributed by atoms with E-state index in [4.69, 9.17) is 9.47 Å². The Morgan fingerprint density at radius 1 is 0.386 bits per heavy atom. The molecule has 0 aliphatic rings. The lowest BCUT2D eigenvalue weighted by atomic mass is 9.94. The van der Waals surface area contributed by atoms with Crippen LogP contribution in [0.2, 0.25) is 0 Å². The first-order valence-electron chi connectivity index (χ1n) is 25.5. The summed E-state index contributed by atoms with van der Waals surface area (Å²) in [5, 5.41) is 0. The molecule has 57 heavy (non-hydrogen) atoms. The Morgan fingerprint density at radius 3 is 1.00 bits per heavy atom. The van der Waals surface area contributed by atoms with Crippen LogP contribution in [0.1, 0.15) is 265 Å². The maximum atomic E-state index is 12.9. The van der Waals surface area contributed by atoms with E-state index in [1.165, 1.54) is 154 Å². The Labute approximate surface area is 355 Å². The van der Waals surface area contributed by atoms with Crippen molar-refractivity contribution in [3.05, 3.63) is 0 Å². The molecule has 0 aliphatic carbocycles. The second-order valence-corrected chi connectivity index (χ2v) is 17.6. The molecule has 2 unspecified atom stereocenters. The molecule has 0 saturated heterocycles. The zero-order valence-corrected chi connectivity index (χ0v) is 38.9. The molecule has 0 saturated carbocycles. The van der Waals surface area contributed by atoms with Gasteiger partial charge in [-0.1, -0.05) is 207 Å². The number of hydrogen-bond acceptors (Lipinski definition) is 6. The van der Waals surface area contributed by atoms with E-state index in [1.807, 2.05) is 0 Å². The Hall–Kier alpha value is -1.43. The van der Waals surface area contributed by atoms with Crippen LogP contribution in [0.25, 0.3) is 0 Å². The second kappa shape index (κ2) is 45.7. The molecule has 0 aromatic heterocycles. The first-order chi connectivity index (χ1) is 28.0. The highest BCUT2D eigenvalue weighted by Gasteiger charge is 2.20. The standard InChI is InChI=1S/C51H99NO5/c1-5-9-13-17-23-31-40-48(38-29-15-11-7-3)50(54)56-46-35-27-21-19-25-33-42-52(44-37-45-53)43-34-26-20-22-28-36-47-57-51(55)49(39-30-16-12-8-4)41-32-24-18-14-10-6-2/h45,48-49H,5-44,46-47H2,1-4H3. The summed E-state index contributed by atoms with van der Waals surface area (Å²) in [6, 6.07) is 0. The molecule has 0 N–H and O–H groups in total. The van der Waals surface area contributed by atoms with Crippen molar-refractivity contribution < 1.29 is 23.9 Å². The number of carbonyl (C=O) groups excluding carboxylic acids is 3. The van der Waals surface area contributed by atoms with Crippen molar-refractivity contribution in [2.45, 2.75) is 265 Å². The monoisotopic (exact) mass is 806 g/mol. The lowest BCUT2D eigenvalue weighted by molar-refractivity contribution is -0.150. The van der Waals surface area contributed by atoms with Gasteiger partial charge in [-0.05, 0) is 64.5 Å². The van der Waals surface area contributed by atoms with Crippen LogP contribution < -0.4 is 0 Å². The number of carbonyl (C=O) groups is 3. The van der Waals surface area contributed by atoms with Crippen molar-refractivity contribution >= 4 is 18.2 Å². The van der Waals surface area contributed by atoms with E-state index in [1.54, 1.807) is 0 Å². The minimum atomic E-state index is 0.0590. The molecule has 0 heterocycles. The van der Waals surface area contributed by atoms with Crippen LogP contribution >= 0.6 is 0 Å². The summed E-state index contributed by atoms with van der Waals surface area (Å²) in [5.41, 5.74) is 0. The van der Waals surface area contributed by atoms with E-state index >= 15 is 0 Å². The van der Waals surface area contributed by atoms with Gasteiger partial charge in [0.1, 0.15) is 6.29 Å². The molecule has 0 rings (SSSR count). The predicted molar refractivity (Wildman–Crippen MR) is 245 cm³/mol. The zero-order valence-electron chi connectivity index (χ0n) is 38.9. The summed E-state index contributed by atoms with van der Waals surface area (Å²) in [7, 11) is 0. The molecule has 2 atom stereocenters. The Morgan fingerprint density at radius 2 is 0.667 bits per heavy atom. The van der Waals surface area contributed by atoms with E-state index in [-0.39, 0.29) is 23.8 Å². The van der Waals surface area contributed by atoms with Crippen LogP contribution in [0, 0.1) is 11.8 Å². The molecule has 0 fully saturated rings. The number of esters is 2. The van der Waals surface area contributed by atoms with Gasteiger partial charge in [0.2, 0.25) is 0 Å². The topological polar surface area (TPSA) is 72.9 Å². The average Bonchev–Trinajstić information content (AvgIpc) is 3.22. The molecule has 0 spiro atoms. The third kappa shape index (κ3) is 38.5. The third-order valence-corrected chi connectivity index (χ3v) is 12.1. The van der Waals surface area contributed by atoms with Crippen molar-refractivity contribution in [1.82, 2.24) is 4.90 Å². The Balaban J connectivity index is 4.13. The maximum Gasteiger partial charge on any atom is 0.308 e. The van der Waals surface area contributed by atoms with Crippen LogP contribution in [0.15, 0.2) is 0 Å². The van der Waals surface area contributed by atoms with Gasteiger partial charge >= 0.3 is 11.9 Å². The third-order valence-electron chi connectivity index (χ3n) is 12.1. The van der Waals surface area contributed by atoms with E-state index < -0.39 is 0 Å². The lowest BCUT2D eigenvalue weighted by Gasteiger charge is -2.21. The number of hydrogen-bond donors (Lipinski definition) is 0. The smallest absolute Gasteiger partial charge is 0.308 e. The molecule has 0 bridgehead atoms. The molecule has 0 aromatic carbocycles. The quantitative estimate of drug-likeness (QED) is 0.0346. The van der Waals surface area contributed by atoms with Crippen LogP contribution in [0.4, 0.5) is 0 Å². The number of rotatable bonds is 47. The van der Waals surface area contributed by atoms with Crippen molar-refractivity contribution in [3.8, 4) is 0 Å². The van der Waals surface area contributed by atoms with Crippen molar-refractivity contribution in [2.75, 3.05) is 32.8 Å². The molecule has 0 amide bonds. The number of ether oxygens (including phenoxy) is 2. The number of nitrogens with zero attached hydrogens (tertiary/aromatic N) is 1. The minimum Gasteiger partial charge on any atom is -0.465 e. The van der Waals surface area contributed by atoms with E-state index in [0.29, 0.717) is 19.6 Å². The second-order valence-electron chi connectivity index (χ2n) is 17.6. The van der Waals surface area contributed by atoms with Crippen LogP contribution in [0.5, 0.6) is 0 Å². The first kappa shape index (κ1) is 55.6. The molecule has 6 heteroatoms. The Kier molecular flexibility index (Phi) is 44.5. The summed E-state index contributed by atoms with van der Waals surface area (Å²) in [4.78, 5) is 39.4.